The molecule has 0 N–H and O–H groups in total. The quantitative estimate of drug-likeness (QED) is 0.122. The first-order chi connectivity index (χ1) is 34.6. The van der Waals surface area contributed by atoms with E-state index in [0.29, 0.717) is 44.4 Å². The van der Waals surface area contributed by atoms with Gasteiger partial charge < -0.3 is 9.80 Å². The highest BCUT2D eigenvalue weighted by molar-refractivity contribution is 6.40. The number of para-hydroxylation sites is 2. The van der Waals surface area contributed by atoms with Crippen LogP contribution in [0.3, 0.4) is 0 Å². The largest absolute Gasteiger partial charge is 0.309 e. The van der Waals surface area contributed by atoms with Gasteiger partial charge in [0, 0.05) is 54.5 Å². The number of hydrogen-bond donors (Lipinski definition) is 0. The maximum Gasteiger partial charge on any atom is 0.0999 e. The van der Waals surface area contributed by atoms with Crippen molar-refractivity contribution in [1.29, 1.82) is 21.0 Å². The van der Waals surface area contributed by atoms with Gasteiger partial charge in [-0.3, -0.25) is 0 Å². The van der Waals surface area contributed by atoms with Gasteiger partial charge in [-0.15, -0.1) is 0 Å². The Kier molecular flexibility index (Phi) is 8.98. The number of hydrogen-bond acceptors (Lipinski definition) is 6. The molecule has 0 aliphatic rings. The molecule has 0 amide bonds. The lowest BCUT2D eigenvalue weighted by Gasteiger charge is -2.32. The van der Waals surface area contributed by atoms with Gasteiger partial charge in [-0.05, 0) is 104 Å². The summed E-state index contributed by atoms with van der Waals surface area (Å²) in [6.07, 6.45) is 0. The maximum absolute atomic E-state index is 11.3. The first-order valence-electron chi connectivity index (χ1n) is 23.0. The highest BCUT2D eigenvalue weighted by atomic mass is 15.2. The molecule has 0 aliphatic heterocycles. The second-order valence-corrected chi connectivity index (χ2v) is 17.6. The van der Waals surface area contributed by atoms with Crippen molar-refractivity contribution >= 4 is 120 Å². The Hall–Kier alpha value is -10.2. The lowest BCUT2D eigenvalue weighted by molar-refractivity contribution is 1.31. The molecule has 0 aliphatic carbocycles. The van der Waals surface area contributed by atoms with E-state index >= 15 is 0 Å². The van der Waals surface area contributed by atoms with Crippen molar-refractivity contribution in [2.45, 2.75) is 0 Å². The van der Waals surface area contributed by atoms with Gasteiger partial charge in [-0.2, -0.15) is 21.0 Å². The topological polar surface area (TPSA) is 102 Å². The molecule has 0 unspecified atom stereocenters. The molecule has 6 nitrogen and oxygen atoms in total. The molecule has 13 rings (SSSR count). The number of fused-ring (bicyclic) bond motifs is 8. The van der Waals surface area contributed by atoms with E-state index in [1.54, 1.807) is 12.1 Å². The second-order valence-electron chi connectivity index (χ2n) is 17.6. The molecule has 70 heavy (non-hydrogen) atoms. The highest BCUT2D eigenvalue weighted by Gasteiger charge is 2.30. The SMILES string of the molecule is N#Cc1ccc2c3c(N(c4ccccc4)c4cc5ccccc5c5ccccc45)cc(C#N)c4c(C#N)ccc(c5c(N(c6ccccc6)c6cc7ccccc7c7ccccc67)cc(C#N)c1c25)c43. The van der Waals surface area contributed by atoms with E-state index in [4.69, 9.17) is 0 Å². The van der Waals surface area contributed by atoms with Crippen LogP contribution in [0.4, 0.5) is 34.1 Å². The summed E-state index contributed by atoms with van der Waals surface area (Å²) in [7, 11) is 0. The van der Waals surface area contributed by atoms with Crippen LogP contribution in [-0.4, -0.2) is 0 Å². The third-order valence-electron chi connectivity index (χ3n) is 14.0. The summed E-state index contributed by atoms with van der Waals surface area (Å²) >= 11 is 0. The summed E-state index contributed by atoms with van der Waals surface area (Å²) in [6, 6.07) is 79.7. The third-order valence-corrected chi connectivity index (χ3v) is 14.0. The number of rotatable bonds is 6. The Labute approximate surface area is 402 Å². The predicted molar refractivity (Wildman–Crippen MR) is 286 cm³/mol. The van der Waals surface area contributed by atoms with E-state index in [1.807, 2.05) is 72.8 Å². The van der Waals surface area contributed by atoms with Gasteiger partial charge in [-0.1, -0.05) is 146 Å². The average Bonchev–Trinajstić information content (AvgIpc) is 3.43. The molecule has 0 bridgehead atoms. The fourth-order valence-electron chi connectivity index (χ4n) is 11.2. The molecule has 13 aromatic carbocycles. The zero-order chi connectivity index (χ0) is 47.0. The number of nitriles is 4. The summed E-state index contributed by atoms with van der Waals surface area (Å²) in [5.41, 5.74) is 6.40. The Morgan fingerprint density at radius 2 is 0.586 bits per heavy atom. The van der Waals surface area contributed by atoms with Crippen molar-refractivity contribution in [3.8, 4) is 24.3 Å². The summed E-state index contributed by atoms with van der Waals surface area (Å²) in [5.74, 6) is 0. The minimum Gasteiger partial charge on any atom is -0.309 e. The first-order valence-corrected chi connectivity index (χ1v) is 23.0. The maximum atomic E-state index is 11.3. The van der Waals surface area contributed by atoms with Crippen LogP contribution in [0, 0.1) is 45.3 Å². The van der Waals surface area contributed by atoms with E-state index in [2.05, 4.69) is 155 Å². The Morgan fingerprint density at radius 3 is 0.971 bits per heavy atom. The fraction of sp³-hybridized carbons (Fsp3) is 0. The van der Waals surface area contributed by atoms with E-state index in [0.717, 1.165) is 98.2 Å². The molecular formula is C64H34N6. The normalized spacial score (nSPS) is 11.4. The molecular weight excluding hydrogens is 853 g/mol. The van der Waals surface area contributed by atoms with Crippen molar-refractivity contribution in [2.75, 3.05) is 9.80 Å². The van der Waals surface area contributed by atoms with Crippen molar-refractivity contribution in [2.24, 2.45) is 0 Å². The molecule has 0 spiro atoms. The summed E-state index contributed by atoms with van der Waals surface area (Å²) in [4.78, 5) is 4.46. The Balaban J connectivity index is 1.27. The molecule has 0 aromatic heterocycles. The number of anilines is 6. The summed E-state index contributed by atoms with van der Waals surface area (Å²) in [6.45, 7) is 0. The van der Waals surface area contributed by atoms with Crippen molar-refractivity contribution in [3.63, 3.8) is 0 Å². The van der Waals surface area contributed by atoms with Gasteiger partial charge in [0.05, 0.1) is 69.3 Å². The standard InChI is InChI=1S/C64H34N6/c65-35-41-28-30-54-62-58(70(46-19-5-2-6-20-46)56-32-40-16-8-10-22-48(40)50-24-12-14-26-52(50)56)34-44(38-68)60-42(36-66)27-29-53(64(60)62)61-57(33-43(37-67)59(41)63(54)61)69(45-17-3-1-4-18-45)55-31-39-15-7-9-21-47(39)49-23-11-13-25-51(49)55/h1-34H. The van der Waals surface area contributed by atoms with E-state index in [9.17, 15) is 21.0 Å². The molecule has 0 atom stereocenters. The Morgan fingerprint density at radius 1 is 0.243 bits per heavy atom. The molecule has 0 saturated heterocycles. The number of nitrogens with zero attached hydrogens (tertiary/aromatic N) is 6. The lowest BCUT2D eigenvalue weighted by Crippen LogP contribution is -2.13. The molecule has 0 radical (unpaired) electrons. The molecule has 0 heterocycles. The summed E-state index contributed by atoms with van der Waals surface area (Å²) in [5, 5.41) is 58.8. The molecule has 0 fully saturated rings. The van der Waals surface area contributed by atoms with Crippen molar-refractivity contribution in [1.82, 2.24) is 0 Å². The van der Waals surface area contributed by atoms with Gasteiger partial charge in [0.1, 0.15) is 0 Å². The van der Waals surface area contributed by atoms with Gasteiger partial charge >= 0.3 is 0 Å². The minimum atomic E-state index is 0.349. The summed E-state index contributed by atoms with van der Waals surface area (Å²) < 4.78 is 0. The van der Waals surface area contributed by atoms with Crippen LogP contribution < -0.4 is 9.80 Å². The van der Waals surface area contributed by atoms with Gasteiger partial charge in [0.2, 0.25) is 0 Å². The van der Waals surface area contributed by atoms with E-state index in [-0.39, 0.29) is 0 Å². The molecule has 6 heteroatoms. The fourth-order valence-corrected chi connectivity index (χ4v) is 11.2. The van der Waals surface area contributed by atoms with E-state index in [1.165, 1.54) is 0 Å². The lowest BCUT2D eigenvalue weighted by atomic mass is 9.82. The zero-order valence-corrected chi connectivity index (χ0v) is 37.3. The average molecular weight is 887 g/mol. The monoisotopic (exact) mass is 886 g/mol. The van der Waals surface area contributed by atoms with Gasteiger partial charge in [0.25, 0.3) is 0 Å². The number of benzene rings is 13. The van der Waals surface area contributed by atoms with Crippen molar-refractivity contribution in [3.05, 3.63) is 229 Å². The van der Waals surface area contributed by atoms with Crippen LogP contribution in [-0.2, 0) is 0 Å². The van der Waals surface area contributed by atoms with Gasteiger partial charge in [-0.25, -0.2) is 0 Å². The smallest absolute Gasteiger partial charge is 0.0999 e. The molecule has 320 valence electrons. The van der Waals surface area contributed by atoms with Crippen LogP contribution in [0.5, 0.6) is 0 Å². The van der Waals surface area contributed by atoms with E-state index < -0.39 is 0 Å². The first kappa shape index (κ1) is 40.1. The minimum absolute atomic E-state index is 0.349. The highest BCUT2D eigenvalue weighted by Crippen LogP contribution is 2.55. The van der Waals surface area contributed by atoms with Crippen LogP contribution >= 0.6 is 0 Å². The van der Waals surface area contributed by atoms with Crippen LogP contribution in [0.2, 0.25) is 0 Å². The molecule has 0 saturated carbocycles. The van der Waals surface area contributed by atoms with Crippen LogP contribution in [0.25, 0.3) is 86.2 Å². The van der Waals surface area contributed by atoms with Crippen LogP contribution in [0.1, 0.15) is 22.3 Å². The van der Waals surface area contributed by atoms with Crippen LogP contribution in [0.15, 0.2) is 206 Å². The third kappa shape index (κ3) is 5.76. The predicted octanol–water partition coefficient (Wildman–Crippen LogP) is 16.8. The second kappa shape index (κ2) is 15.7. The van der Waals surface area contributed by atoms with Gasteiger partial charge in [0.15, 0.2) is 0 Å². The van der Waals surface area contributed by atoms with Crippen molar-refractivity contribution < 1.29 is 0 Å². The molecule has 13 aromatic rings. The zero-order valence-electron chi connectivity index (χ0n) is 37.3. The Bertz CT molecular complexity index is 4240.